The van der Waals surface area contributed by atoms with E-state index in [1.807, 2.05) is 37.3 Å². The second-order valence-electron chi connectivity index (χ2n) is 6.72. The number of ether oxygens (including phenoxy) is 1. The van der Waals surface area contributed by atoms with Gasteiger partial charge >= 0.3 is 0 Å². The summed E-state index contributed by atoms with van der Waals surface area (Å²) in [6, 6.07) is 7.64. The molecule has 5 heteroatoms. The lowest BCUT2D eigenvalue weighted by Gasteiger charge is -2.34. The first-order chi connectivity index (χ1) is 13.1. The molecule has 0 radical (unpaired) electrons. The molecule has 0 bridgehead atoms. The second kappa shape index (κ2) is 11.5. The summed E-state index contributed by atoms with van der Waals surface area (Å²) < 4.78 is 5.13. The van der Waals surface area contributed by atoms with Crippen LogP contribution in [0.1, 0.15) is 25.3 Å². The van der Waals surface area contributed by atoms with E-state index in [0.29, 0.717) is 12.8 Å². The van der Waals surface area contributed by atoms with Crippen LogP contribution in [0.15, 0.2) is 42.5 Å². The Hall–Kier alpha value is -2.24. The summed E-state index contributed by atoms with van der Waals surface area (Å²) in [6.45, 7) is 7.29. The minimum absolute atomic E-state index is 0.144. The van der Waals surface area contributed by atoms with E-state index in [9.17, 15) is 9.59 Å². The number of ketones is 2. The zero-order chi connectivity index (χ0) is 19.5. The molecule has 0 aliphatic carbocycles. The van der Waals surface area contributed by atoms with Crippen molar-refractivity contribution in [3.05, 3.63) is 48.1 Å². The van der Waals surface area contributed by atoms with E-state index in [4.69, 9.17) is 4.74 Å². The summed E-state index contributed by atoms with van der Waals surface area (Å²) in [6.07, 6.45) is 8.06. The largest absolute Gasteiger partial charge is 0.497 e. The highest BCUT2D eigenvalue weighted by Gasteiger charge is 2.17. The lowest BCUT2D eigenvalue weighted by molar-refractivity contribution is -0.116. The van der Waals surface area contributed by atoms with Gasteiger partial charge in [-0.15, -0.1) is 0 Å². The topological polar surface area (TPSA) is 49.9 Å². The highest BCUT2D eigenvalue weighted by Crippen LogP contribution is 2.12. The van der Waals surface area contributed by atoms with E-state index >= 15 is 0 Å². The molecule has 0 amide bonds. The summed E-state index contributed by atoms with van der Waals surface area (Å²) in [5.41, 5.74) is 0.991. The summed E-state index contributed by atoms with van der Waals surface area (Å²) >= 11 is 0. The van der Waals surface area contributed by atoms with Gasteiger partial charge in [0.25, 0.3) is 0 Å². The number of allylic oxidation sites excluding steroid dienone is 3. The first-order valence-electron chi connectivity index (χ1n) is 9.56. The van der Waals surface area contributed by atoms with Crippen LogP contribution in [0.5, 0.6) is 5.75 Å². The van der Waals surface area contributed by atoms with Crippen molar-refractivity contribution < 1.29 is 14.3 Å². The van der Waals surface area contributed by atoms with Crippen LogP contribution in [0.4, 0.5) is 0 Å². The number of rotatable bonds is 10. The van der Waals surface area contributed by atoms with Gasteiger partial charge in [0.2, 0.25) is 0 Å². The zero-order valence-corrected chi connectivity index (χ0v) is 16.4. The Morgan fingerprint density at radius 3 is 1.93 bits per heavy atom. The molecule has 1 aromatic carbocycles. The van der Waals surface area contributed by atoms with Crippen LogP contribution < -0.4 is 4.74 Å². The van der Waals surface area contributed by atoms with Crippen molar-refractivity contribution in [1.29, 1.82) is 0 Å². The van der Waals surface area contributed by atoms with Crippen molar-refractivity contribution in [1.82, 2.24) is 9.80 Å². The number of hydrogen-bond donors (Lipinski definition) is 0. The van der Waals surface area contributed by atoms with Gasteiger partial charge in [0.05, 0.1) is 7.11 Å². The molecule has 1 aliphatic heterocycles. The summed E-state index contributed by atoms with van der Waals surface area (Å²) in [7, 11) is 1.64. The number of carbonyl (C=O) groups excluding carboxylic acids is 2. The van der Waals surface area contributed by atoms with Gasteiger partial charge in [0.15, 0.2) is 11.6 Å². The number of hydrogen-bond acceptors (Lipinski definition) is 5. The van der Waals surface area contributed by atoms with Crippen molar-refractivity contribution in [2.75, 3.05) is 46.4 Å². The average Bonchev–Trinajstić information content (AvgIpc) is 2.70. The van der Waals surface area contributed by atoms with Gasteiger partial charge in [-0.05, 0) is 36.8 Å². The SMILES string of the molecule is C/C=C/C(=O)CCN1CCN(CCC(=O)/C=C/c2ccc(OC)cc2)CC1. The minimum Gasteiger partial charge on any atom is -0.497 e. The van der Waals surface area contributed by atoms with Crippen LogP contribution in [0.3, 0.4) is 0 Å². The van der Waals surface area contributed by atoms with Crippen molar-refractivity contribution >= 4 is 17.6 Å². The molecule has 1 aromatic rings. The fourth-order valence-corrected chi connectivity index (χ4v) is 3.03. The molecule has 2 rings (SSSR count). The molecule has 1 heterocycles. The third kappa shape index (κ3) is 7.89. The Bertz CT molecular complexity index is 657. The smallest absolute Gasteiger partial charge is 0.156 e. The van der Waals surface area contributed by atoms with Crippen LogP contribution >= 0.6 is 0 Å². The van der Waals surface area contributed by atoms with Gasteiger partial charge < -0.3 is 14.5 Å². The van der Waals surface area contributed by atoms with Crippen molar-refractivity contribution in [2.45, 2.75) is 19.8 Å². The molecule has 1 saturated heterocycles. The summed E-state index contributed by atoms with van der Waals surface area (Å²) in [5, 5.41) is 0. The highest BCUT2D eigenvalue weighted by atomic mass is 16.5. The third-order valence-corrected chi connectivity index (χ3v) is 4.74. The Labute approximate surface area is 162 Å². The quantitative estimate of drug-likeness (QED) is 0.593. The maximum absolute atomic E-state index is 12.1. The van der Waals surface area contributed by atoms with E-state index in [1.165, 1.54) is 0 Å². The molecule has 1 aliphatic rings. The monoisotopic (exact) mass is 370 g/mol. The molecule has 146 valence electrons. The fraction of sp³-hybridized carbons (Fsp3) is 0.455. The predicted octanol–water partition coefficient (Wildman–Crippen LogP) is 2.82. The zero-order valence-electron chi connectivity index (χ0n) is 16.4. The van der Waals surface area contributed by atoms with Gasteiger partial charge in [-0.3, -0.25) is 9.59 Å². The molecule has 0 atom stereocenters. The van der Waals surface area contributed by atoms with Crippen molar-refractivity contribution in [2.24, 2.45) is 0 Å². The van der Waals surface area contributed by atoms with E-state index in [1.54, 1.807) is 25.3 Å². The maximum atomic E-state index is 12.1. The van der Waals surface area contributed by atoms with Crippen LogP contribution in [0.25, 0.3) is 6.08 Å². The molecule has 0 saturated carbocycles. The van der Waals surface area contributed by atoms with Crippen molar-refractivity contribution in [3.8, 4) is 5.75 Å². The third-order valence-electron chi connectivity index (χ3n) is 4.74. The molecule has 0 spiro atoms. The molecule has 0 unspecified atom stereocenters. The first-order valence-corrected chi connectivity index (χ1v) is 9.56. The second-order valence-corrected chi connectivity index (χ2v) is 6.72. The van der Waals surface area contributed by atoms with Crippen LogP contribution in [0, 0.1) is 0 Å². The van der Waals surface area contributed by atoms with Crippen LogP contribution in [0.2, 0.25) is 0 Å². The molecular weight excluding hydrogens is 340 g/mol. The van der Waals surface area contributed by atoms with E-state index in [2.05, 4.69) is 9.80 Å². The summed E-state index contributed by atoms with van der Waals surface area (Å²) in [5.74, 6) is 1.14. The van der Waals surface area contributed by atoms with Gasteiger partial charge in [-0.1, -0.05) is 24.3 Å². The lowest BCUT2D eigenvalue weighted by atomic mass is 10.1. The fourth-order valence-electron chi connectivity index (χ4n) is 3.03. The number of methoxy groups -OCH3 is 1. The lowest BCUT2D eigenvalue weighted by Crippen LogP contribution is -2.47. The maximum Gasteiger partial charge on any atom is 0.156 e. The first kappa shape index (κ1) is 21.1. The van der Waals surface area contributed by atoms with E-state index in [-0.39, 0.29) is 11.6 Å². The van der Waals surface area contributed by atoms with Gasteiger partial charge in [0.1, 0.15) is 5.75 Å². The van der Waals surface area contributed by atoms with Crippen LogP contribution in [-0.4, -0.2) is 67.7 Å². The standard InChI is InChI=1S/C22H30N2O3/c1-3-4-20(25)11-13-23-15-17-24(18-16-23)14-12-21(26)8-5-19-6-9-22(27-2)10-7-19/h3-10H,11-18H2,1-2H3/b4-3+,8-5+. The molecule has 5 nitrogen and oxygen atoms in total. The van der Waals surface area contributed by atoms with Gasteiger partial charge in [0, 0.05) is 52.1 Å². The number of piperazine rings is 1. The Morgan fingerprint density at radius 1 is 0.926 bits per heavy atom. The van der Waals surface area contributed by atoms with Crippen LogP contribution in [-0.2, 0) is 9.59 Å². The van der Waals surface area contributed by atoms with E-state index < -0.39 is 0 Å². The Kier molecular flexibility index (Phi) is 8.95. The number of nitrogens with zero attached hydrogens (tertiary/aromatic N) is 2. The highest BCUT2D eigenvalue weighted by molar-refractivity contribution is 5.93. The normalized spacial score (nSPS) is 16.2. The number of carbonyl (C=O) groups is 2. The molecule has 1 fully saturated rings. The molecular formula is C22H30N2O3. The Balaban J connectivity index is 1.64. The average molecular weight is 370 g/mol. The van der Waals surface area contributed by atoms with Crippen molar-refractivity contribution in [3.63, 3.8) is 0 Å². The summed E-state index contributed by atoms with van der Waals surface area (Å²) in [4.78, 5) is 28.3. The molecule has 0 N–H and O–H groups in total. The molecule has 27 heavy (non-hydrogen) atoms. The van der Waals surface area contributed by atoms with Gasteiger partial charge in [-0.25, -0.2) is 0 Å². The molecule has 0 aromatic heterocycles. The predicted molar refractivity (Wildman–Crippen MR) is 109 cm³/mol. The van der Waals surface area contributed by atoms with Gasteiger partial charge in [-0.2, -0.15) is 0 Å². The Morgan fingerprint density at radius 2 is 1.44 bits per heavy atom. The van der Waals surface area contributed by atoms with E-state index in [0.717, 1.165) is 50.6 Å². The number of benzene rings is 1. The minimum atomic E-state index is 0.144.